The van der Waals surface area contributed by atoms with Crippen molar-refractivity contribution in [3.63, 3.8) is 0 Å². The highest BCUT2D eigenvalue weighted by atomic mass is 16.7. The molecule has 11 heteroatoms. The van der Waals surface area contributed by atoms with Gasteiger partial charge in [0.25, 0.3) is 0 Å². The Morgan fingerprint density at radius 3 is 1.40 bits per heavy atom. The van der Waals surface area contributed by atoms with Crippen LogP contribution in [0.15, 0.2) is 48.6 Å². The zero-order valence-corrected chi connectivity index (χ0v) is 48.3. The number of hydrogen-bond acceptors (Lipinski definition) is 10. The van der Waals surface area contributed by atoms with E-state index < -0.39 is 49.5 Å². The Morgan fingerprint density at radius 1 is 0.507 bits per heavy atom. The van der Waals surface area contributed by atoms with Gasteiger partial charge >= 0.3 is 5.97 Å². The van der Waals surface area contributed by atoms with Crippen molar-refractivity contribution in [3.8, 4) is 0 Å². The first kappa shape index (κ1) is 70.6. The summed E-state index contributed by atoms with van der Waals surface area (Å²) in [4.78, 5) is 25.0. The molecule has 1 fully saturated rings. The molecule has 7 atom stereocenters. The zero-order chi connectivity index (χ0) is 54.5. The van der Waals surface area contributed by atoms with Crippen molar-refractivity contribution in [2.45, 2.75) is 326 Å². The molecule has 1 aliphatic rings. The highest BCUT2D eigenvalue weighted by Crippen LogP contribution is 2.23. The molecule has 11 nitrogen and oxygen atoms in total. The quantitative estimate of drug-likeness (QED) is 0.0195. The third-order valence-electron chi connectivity index (χ3n) is 14.7. The number of nitrogens with one attached hydrogen (secondary N) is 1. The fourth-order valence-corrected chi connectivity index (χ4v) is 9.76. The number of aliphatic hydroxyl groups is 5. The molecule has 0 aliphatic carbocycles. The van der Waals surface area contributed by atoms with Gasteiger partial charge in [-0.25, -0.2) is 0 Å². The first-order chi connectivity index (χ1) is 36.7. The van der Waals surface area contributed by atoms with Gasteiger partial charge in [0.15, 0.2) is 6.29 Å². The Labute approximate surface area is 459 Å². The van der Waals surface area contributed by atoms with Gasteiger partial charge in [0.1, 0.15) is 24.4 Å². The van der Waals surface area contributed by atoms with Crippen LogP contribution in [0.2, 0.25) is 0 Å². The lowest BCUT2D eigenvalue weighted by Crippen LogP contribution is -2.60. The largest absolute Gasteiger partial charge is 0.466 e. The van der Waals surface area contributed by atoms with E-state index in [0.717, 1.165) is 64.2 Å². The fraction of sp³-hybridized carbons (Fsp3) is 0.844. The van der Waals surface area contributed by atoms with Crippen molar-refractivity contribution in [1.82, 2.24) is 5.32 Å². The number of carbonyl (C=O) groups is 2. The summed E-state index contributed by atoms with van der Waals surface area (Å²) in [5.74, 6) is -0.196. The minimum absolute atomic E-state index is 0.00423. The second-order valence-electron chi connectivity index (χ2n) is 21.8. The van der Waals surface area contributed by atoms with E-state index in [2.05, 4.69) is 42.6 Å². The summed E-state index contributed by atoms with van der Waals surface area (Å²) in [6, 6.07) is -0.834. The smallest absolute Gasteiger partial charge is 0.305 e. The maximum atomic E-state index is 13.0. The van der Waals surface area contributed by atoms with Crippen LogP contribution in [0.5, 0.6) is 0 Å². The Bertz CT molecular complexity index is 1390. The van der Waals surface area contributed by atoms with Crippen molar-refractivity contribution in [2.24, 2.45) is 0 Å². The normalized spacial score (nSPS) is 19.1. The van der Waals surface area contributed by atoms with Crippen molar-refractivity contribution in [3.05, 3.63) is 48.6 Å². The van der Waals surface area contributed by atoms with Crippen LogP contribution in [0.3, 0.4) is 0 Å². The van der Waals surface area contributed by atoms with E-state index in [1.54, 1.807) is 6.08 Å². The minimum Gasteiger partial charge on any atom is -0.466 e. The molecule has 0 bridgehead atoms. The van der Waals surface area contributed by atoms with E-state index in [1.807, 2.05) is 19.1 Å². The summed E-state index contributed by atoms with van der Waals surface area (Å²) < 4.78 is 16.6. The Morgan fingerprint density at radius 2 is 0.920 bits per heavy atom. The Hall–Kier alpha value is -2.38. The molecule has 1 rings (SSSR count). The lowest BCUT2D eigenvalue weighted by molar-refractivity contribution is -0.302. The van der Waals surface area contributed by atoms with Gasteiger partial charge in [0.05, 0.1) is 32.0 Å². The first-order valence-corrected chi connectivity index (χ1v) is 31.4. The van der Waals surface area contributed by atoms with Gasteiger partial charge in [-0.2, -0.15) is 0 Å². The number of rotatable bonds is 54. The number of esters is 1. The summed E-state index contributed by atoms with van der Waals surface area (Å²) in [7, 11) is 0. The summed E-state index contributed by atoms with van der Waals surface area (Å²) in [6.45, 7) is 4.09. The monoisotopic (exact) mass is 1060 g/mol. The van der Waals surface area contributed by atoms with Crippen molar-refractivity contribution in [1.29, 1.82) is 0 Å². The molecule has 438 valence electrons. The molecule has 0 saturated carbocycles. The first-order valence-electron chi connectivity index (χ1n) is 31.4. The molecule has 75 heavy (non-hydrogen) atoms. The average molecular weight is 1060 g/mol. The standard InChI is InChI=1S/C64H117NO10/c1-3-5-7-9-11-13-31-36-40-44-48-52-60(69)73-53-49-45-41-37-33-30-28-26-24-22-20-18-16-14-15-17-19-21-23-25-27-29-32-35-39-43-47-51-59(68)65-56(57(67)50-46-42-38-34-12-10-8-6-4-2)55-74-64-63(72)62(71)61(70)58(54-66)75-64/h4,6,12,14-15,34,46,50,56-58,61-64,66-67,70-72H,3,5,7-11,13,16-33,35-45,47-49,51-55H2,1-2H3,(H,65,68)/b6-4+,15-14-,34-12+,50-46+. The number of carbonyl (C=O) groups excluding carboxylic acids is 2. The third-order valence-corrected chi connectivity index (χ3v) is 14.7. The van der Waals surface area contributed by atoms with Crippen molar-refractivity contribution in [2.75, 3.05) is 19.8 Å². The molecule has 1 saturated heterocycles. The van der Waals surface area contributed by atoms with Gasteiger partial charge in [-0.1, -0.05) is 242 Å². The molecule has 0 aromatic carbocycles. The molecule has 0 radical (unpaired) electrons. The van der Waals surface area contributed by atoms with Gasteiger partial charge in [-0.05, 0) is 77.6 Å². The molecule has 7 unspecified atom stereocenters. The van der Waals surface area contributed by atoms with E-state index in [4.69, 9.17) is 14.2 Å². The average Bonchev–Trinajstić information content (AvgIpc) is 3.41. The molecular formula is C64H117NO10. The molecule has 1 amide bonds. The van der Waals surface area contributed by atoms with E-state index in [0.29, 0.717) is 19.4 Å². The Balaban J connectivity index is 1.98. The maximum Gasteiger partial charge on any atom is 0.305 e. The summed E-state index contributed by atoms with van der Waals surface area (Å²) in [5, 5.41) is 54.1. The molecule has 1 aliphatic heterocycles. The Kier molecular flexibility index (Phi) is 50.5. The lowest BCUT2D eigenvalue weighted by Gasteiger charge is -2.40. The van der Waals surface area contributed by atoms with Gasteiger partial charge in [0, 0.05) is 12.8 Å². The molecule has 0 aromatic heterocycles. The van der Waals surface area contributed by atoms with E-state index in [-0.39, 0.29) is 18.5 Å². The van der Waals surface area contributed by atoms with Crippen LogP contribution in [0, 0.1) is 0 Å². The van der Waals surface area contributed by atoms with Crippen LogP contribution < -0.4 is 5.32 Å². The maximum absolute atomic E-state index is 13.0. The molecule has 6 N–H and O–H groups in total. The van der Waals surface area contributed by atoms with Gasteiger partial charge < -0.3 is 45.1 Å². The number of allylic oxidation sites excluding steroid dienone is 7. The zero-order valence-electron chi connectivity index (χ0n) is 48.3. The second kappa shape index (κ2) is 53.6. The summed E-state index contributed by atoms with van der Waals surface area (Å²) in [6.07, 6.45) is 58.3. The van der Waals surface area contributed by atoms with Crippen molar-refractivity contribution < 1.29 is 49.3 Å². The van der Waals surface area contributed by atoms with Crippen LogP contribution in [0.25, 0.3) is 0 Å². The molecule has 0 spiro atoms. The van der Waals surface area contributed by atoms with Gasteiger partial charge in [-0.3, -0.25) is 9.59 Å². The predicted octanol–water partition coefficient (Wildman–Crippen LogP) is 14.8. The van der Waals surface area contributed by atoms with Gasteiger partial charge in [-0.15, -0.1) is 0 Å². The molecule has 1 heterocycles. The highest BCUT2D eigenvalue weighted by molar-refractivity contribution is 5.76. The number of ether oxygens (including phenoxy) is 3. The molecular weight excluding hydrogens is 943 g/mol. The van der Waals surface area contributed by atoms with Crippen LogP contribution in [0.4, 0.5) is 0 Å². The van der Waals surface area contributed by atoms with Crippen LogP contribution in [-0.4, -0.2) is 100 Å². The van der Waals surface area contributed by atoms with Crippen LogP contribution >= 0.6 is 0 Å². The van der Waals surface area contributed by atoms with Crippen molar-refractivity contribution >= 4 is 11.9 Å². The molecule has 0 aromatic rings. The number of unbranched alkanes of at least 4 members (excludes halogenated alkanes) is 35. The number of aliphatic hydroxyl groups excluding tert-OH is 5. The topological polar surface area (TPSA) is 175 Å². The minimum atomic E-state index is -1.58. The van der Waals surface area contributed by atoms with Crippen LogP contribution in [-0.2, 0) is 23.8 Å². The van der Waals surface area contributed by atoms with E-state index in [9.17, 15) is 35.1 Å². The summed E-state index contributed by atoms with van der Waals surface area (Å²) >= 11 is 0. The highest BCUT2D eigenvalue weighted by Gasteiger charge is 2.44. The lowest BCUT2D eigenvalue weighted by atomic mass is 9.99. The van der Waals surface area contributed by atoms with Crippen LogP contribution in [0.1, 0.15) is 284 Å². The fourth-order valence-electron chi connectivity index (χ4n) is 9.76. The number of amides is 1. The SMILES string of the molecule is C/C=C/CC/C=C/CC/C=C/C(O)C(COC1OC(CO)C(O)C(O)C1O)NC(=O)CCCCCCCCCCCCC/C=C\CCCCCCCCCCCCCCOC(=O)CCCCCCCCCCCCC. The number of hydrogen-bond donors (Lipinski definition) is 6. The van der Waals surface area contributed by atoms with E-state index >= 15 is 0 Å². The van der Waals surface area contributed by atoms with Gasteiger partial charge in [0.2, 0.25) is 5.91 Å². The predicted molar refractivity (Wildman–Crippen MR) is 310 cm³/mol. The summed E-state index contributed by atoms with van der Waals surface area (Å²) in [5.41, 5.74) is 0. The van der Waals surface area contributed by atoms with E-state index in [1.165, 1.54) is 193 Å². The third kappa shape index (κ3) is 43.2. The second-order valence-corrected chi connectivity index (χ2v) is 21.8.